The normalized spacial score (nSPS) is 22.9. The molecule has 0 N–H and O–H groups in total. The molecule has 1 aliphatic carbocycles. The Balaban J connectivity index is 1.49. The Morgan fingerprint density at radius 3 is 2.68 bits per heavy atom. The highest BCUT2D eigenvalue weighted by molar-refractivity contribution is 7.10. The highest BCUT2D eigenvalue weighted by Crippen LogP contribution is 2.44. The summed E-state index contributed by atoms with van der Waals surface area (Å²) in [4.78, 5) is 16.8. The summed E-state index contributed by atoms with van der Waals surface area (Å²) in [5.74, 6) is 0.328. The number of rotatable bonds is 4. The van der Waals surface area contributed by atoms with Crippen molar-refractivity contribution in [2.75, 3.05) is 19.7 Å². The molecule has 1 amide bonds. The van der Waals surface area contributed by atoms with Crippen molar-refractivity contribution in [2.24, 2.45) is 0 Å². The van der Waals surface area contributed by atoms with E-state index in [-0.39, 0.29) is 11.5 Å². The van der Waals surface area contributed by atoms with Gasteiger partial charge >= 0.3 is 0 Å². The van der Waals surface area contributed by atoms with Crippen molar-refractivity contribution in [1.82, 2.24) is 4.90 Å². The number of nitrogens with zero attached hydrogens (tertiary/aromatic N) is 1. The van der Waals surface area contributed by atoms with Gasteiger partial charge in [0.1, 0.15) is 0 Å². The largest absolute Gasteiger partial charge is 0.374 e. The molecule has 1 atom stereocenters. The molecule has 3 nitrogen and oxygen atoms in total. The minimum Gasteiger partial charge on any atom is -0.374 e. The fourth-order valence-corrected chi connectivity index (χ4v) is 5.28. The van der Waals surface area contributed by atoms with Crippen LogP contribution < -0.4 is 0 Å². The molecule has 25 heavy (non-hydrogen) atoms. The molecule has 1 saturated carbocycles. The van der Waals surface area contributed by atoms with Gasteiger partial charge in [0, 0.05) is 24.4 Å². The van der Waals surface area contributed by atoms with Crippen molar-refractivity contribution in [3.8, 4) is 0 Å². The van der Waals surface area contributed by atoms with E-state index in [1.807, 2.05) is 6.07 Å². The zero-order valence-electron chi connectivity index (χ0n) is 14.5. The molecule has 0 unspecified atom stereocenters. The topological polar surface area (TPSA) is 29.5 Å². The smallest absolute Gasteiger partial charge is 0.234 e. The van der Waals surface area contributed by atoms with Crippen molar-refractivity contribution < 1.29 is 9.53 Å². The summed E-state index contributed by atoms with van der Waals surface area (Å²) in [7, 11) is 0. The second-order valence-electron chi connectivity index (χ2n) is 7.20. The molecule has 2 aromatic rings. The summed E-state index contributed by atoms with van der Waals surface area (Å²) in [5, 5.41) is 2.10. The van der Waals surface area contributed by atoms with Gasteiger partial charge in [-0.2, -0.15) is 0 Å². The van der Waals surface area contributed by atoms with Gasteiger partial charge in [-0.05, 0) is 29.9 Å². The van der Waals surface area contributed by atoms with Gasteiger partial charge in [-0.1, -0.05) is 49.2 Å². The lowest BCUT2D eigenvalue weighted by Gasteiger charge is -2.39. The van der Waals surface area contributed by atoms with Crippen molar-refractivity contribution >= 4 is 17.2 Å². The number of morpholine rings is 1. The number of thiophene rings is 1. The van der Waals surface area contributed by atoms with E-state index in [1.54, 1.807) is 11.3 Å². The highest BCUT2D eigenvalue weighted by Gasteiger charge is 2.46. The fraction of sp³-hybridized carbons (Fsp3) is 0.476. The predicted octanol–water partition coefficient (Wildman–Crippen LogP) is 4.03. The Hall–Kier alpha value is -1.65. The van der Waals surface area contributed by atoms with Gasteiger partial charge in [-0.3, -0.25) is 4.79 Å². The molecule has 4 rings (SSSR count). The summed E-state index contributed by atoms with van der Waals surface area (Å²) in [6, 6.07) is 14.6. The maximum atomic E-state index is 13.5. The van der Waals surface area contributed by atoms with Crippen LogP contribution in [0.2, 0.25) is 0 Å². The summed E-state index contributed by atoms with van der Waals surface area (Å²) >= 11 is 1.74. The van der Waals surface area contributed by atoms with E-state index >= 15 is 0 Å². The van der Waals surface area contributed by atoms with E-state index in [9.17, 15) is 4.79 Å². The lowest BCUT2D eigenvalue weighted by Crippen LogP contribution is -2.52. The van der Waals surface area contributed by atoms with E-state index < -0.39 is 0 Å². The number of amides is 1. The molecule has 1 saturated heterocycles. The number of ether oxygens (including phenoxy) is 1. The molecule has 1 aromatic heterocycles. The van der Waals surface area contributed by atoms with Gasteiger partial charge in [0.25, 0.3) is 0 Å². The maximum absolute atomic E-state index is 13.5. The van der Waals surface area contributed by atoms with Crippen molar-refractivity contribution in [2.45, 2.75) is 43.6 Å². The van der Waals surface area contributed by atoms with Crippen LogP contribution in [0.25, 0.3) is 0 Å². The molecule has 2 heterocycles. The minimum absolute atomic E-state index is 0.0990. The summed E-state index contributed by atoms with van der Waals surface area (Å²) < 4.78 is 5.96. The zero-order chi connectivity index (χ0) is 17.1. The third kappa shape index (κ3) is 3.38. The monoisotopic (exact) mass is 355 g/mol. The van der Waals surface area contributed by atoms with Crippen molar-refractivity contribution in [3.05, 3.63) is 58.3 Å². The Kier molecular flexibility index (Phi) is 4.91. The maximum Gasteiger partial charge on any atom is 0.234 e. The Morgan fingerprint density at radius 1 is 1.16 bits per heavy atom. The molecule has 0 bridgehead atoms. The number of benzene rings is 1. The molecule has 1 aromatic carbocycles. The van der Waals surface area contributed by atoms with Crippen LogP contribution in [0.4, 0.5) is 0 Å². The quantitative estimate of drug-likeness (QED) is 0.829. The molecule has 2 fully saturated rings. The number of hydrogen-bond acceptors (Lipinski definition) is 3. The lowest BCUT2D eigenvalue weighted by molar-refractivity contribution is -0.144. The lowest BCUT2D eigenvalue weighted by atomic mass is 9.82. The van der Waals surface area contributed by atoms with Crippen LogP contribution >= 0.6 is 11.3 Å². The number of hydrogen-bond donors (Lipinski definition) is 0. The van der Waals surface area contributed by atoms with Gasteiger partial charge in [-0.25, -0.2) is 0 Å². The first-order valence-corrected chi connectivity index (χ1v) is 10.1. The van der Waals surface area contributed by atoms with Crippen molar-refractivity contribution in [3.63, 3.8) is 0 Å². The average Bonchev–Trinajstić information content (AvgIpc) is 3.34. The third-order valence-electron chi connectivity index (χ3n) is 5.59. The van der Waals surface area contributed by atoms with E-state index in [1.165, 1.54) is 10.4 Å². The Labute approximate surface area is 153 Å². The first kappa shape index (κ1) is 16.8. The third-order valence-corrected chi connectivity index (χ3v) is 6.67. The van der Waals surface area contributed by atoms with Crippen LogP contribution in [0.15, 0.2) is 47.8 Å². The van der Waals surface area contributed by atoms with Gasteiger partial charge in [-0.15, -0.1) is 11.3 Å². The zero-order valence-corrected chi connectivity index (χ0v) is 15.3. The average molecular weight is 356 g/mol. The van der Waals surface area contributed by atoms with Gasteiger partial charge in [0.05, 0.1) is 18.1 Å². The molecule has 4 heteroatoms. The van der Waals surface area contributed by atoms with Gasteiger partial charge < -0.3 is 9.64 Å². The van der Waals surface area contributed by atoms with E-state index in [0.717, 1.165) is 38.6 Å². The predicted molar refractivity (Wildman–Crippen MR) is 101 cm³/mol. The Bertz CT molecular complexity index is 692. The minimum atomic E-state index is -0.275. The number of carbonyl (C=O) groups is 1. The second-order valence-corrected chi connectivity index (χ2v) is 8.15. The van der Waals surface area contributed by atoms with Crippen LogP contribution in [-0.2, 0) is 21.4 Å². The van der Waals surface area contributed by atoms with Gasteiger partial charge in [0.2, 0.25) is 5.91 Å². The van der Waals surface area contributed by atoms with E-state index in [0.29, 0.717) is 19.1 Å². The van der Waals surface area contributed by atoms with E-state index in [2.05, 4.69) is 46.7 Å². The summed E-state index contributed by atoms with van der Waals surface area (Å²) in [5.41, 5.74) is 0.999. The van der Waals surface area contributed by atoms with Crippen LogP contribution in [0.5, 0.6) is 0 Å². The molecule has 132 valence electrons. The summed E-state index contributed by atoms with van der Waals surface area (Å²) in [6.07, 6.45) is 5.27. The first-order valence-electron chi connectivity index (χ1n) is 9.27. The second kappa shape index (κ2) is 7.30. The fourth-order valence-electron chi connectivity index (χ4n) is 4.30. The molecule has 1 aliphatic heterocycles. The number of carbonyl (C=O) groups excluding carboxylic acids is 1. The van der Waals surface area contributed by atoms with Crippen LogP contribution in [0.1, 0.15) is 36.1 Å². The molecular formula is C21H25NO2S. The molecule has 0 spiro atoms. The Morgan fingerprint density at radius 2 is 1.96 bits per heavy atom. The first-order chi connectivity index (χ1) is 12.3. The SMILES string of the molecule is O=C(N1CCO[C@@H](Cc2ccccc2)C1)C1(c2cccs2)CCCC1. The molecule has 0 radical (unpaired) electrons. The van der Waals surface area contributed by atoms with Gasteiger partial charge in [0.15, 0.2) is 0 Å². The standard InChI is InChI=1S/C21H25NO2S/c23-20(21(10-4-5-11-21)19-9-6-14-25-19)22-12-13-24-18(16-22)15-17-7-2-1-3-8-17/h1-3,6-9,14,18H,4-5,10-13,15-16H2/t18-/m0/s1. The molecule has 2 aliphatic rings. The van der Waals surface area contributed by atoms with Crippen LogP contribution in [-0.4, -0.2) is 36.6 Å². The van der Waals surface area contributed by atoms with E-state index in [4.69, 9.17) is 4.74 Å². The summed E-state index contributed by atoms with van der Waals surface area (Å²) in [6.45, 7) is 2.07. The van der Waals surface area contributed by atoms with Crippen LogP contribution in [0, 0.1) is 0 Å². The molecular weight excluding hydrogens is 330 g/mol. The highest BCUT2D eigenvalue weighted by atomic mass is 32.1. The van der Waals surface area contributed by atoms with Crippen LogP contribution in [0.3, 0.4) is 0 Å². The van der Waals surface area contributed by atoms with Crippen molar-refractivity contribution in [1.29, 1.82) is 0 Å².